The molecule has 0 aliphatic carbocycles. The number of esters is 2. The van der Waals surface area contributed by atoms with Gasteiger partial charge in [0.15, 0.2) is 0 Å². The largest absolute Gasteiger partial charge is 0.460 e. The number of hydrogen-bond donors (Lipinski definition) is 2. The summed E-state index contributed by atoms with van der Waals surface area (Å²) in [5, 5.41) is 14.5. The zero-order chi connectivity index (χ0) is 30.7. The third kappa shape index (κ3) is 7.37. The molecule has 7 N–H and O–H groups in total. The monoisotopic (exact) mass is 618 g/mol. The molecule has 2 aliphatic rings. The van der Waals surface area contributed by atoms with E-state index in [1.165, 1.54) is 18.2 Å². The van der Waals surface area contributed by atoms with Crippen LogP contribution in [0.3, 0.4) is 0 Å². The number of dihydropyridines is 1. The molecule has 0 bridgehead atoms. The highest BCUT2D eigenvalue weighted by molar-refractivity contribution is 6.00. The van der Waals surface area contributed by atoms with E-state index in [-0.39, 0.29) is 39.6 Å². The third-order valence-electron chi connectivity index (χ3n) is 7.54. The summed E-state index contributed by atoms with van der Waals surface area (Å²) in [4.78, 5) is 40.4. The van der Waals surface area contributed by atoms with E-state index in [4.69, 9.17) is 15.2 Å². The van der Waals surface area contributed by atoms with Gasteiger partial charge in [0.1, 0.15) is 11.9 Å². The number of benzene rings is 3. The number of allylic oxidation sites excluding steroid dienone is 1. The van der Waals surface area contributed by atoms with E-state index in [0.29, 0.717) is 24.4 Å². The SMILES string of the molecule is CC1=C(C(=O)OC(C)C)[C@@H](c2cccc([N+](=O)[O-])c2)C(C(=O)OC2CN(C(c3ccccc3)c3ccccc3)C2)=C(N)N1.O.O. The second-order valence-corrected chi connectivity index (χ2v) is 10.9. The van der Waals surface area contributed by atoms with Crippen LogP contribution in [0, 0.1) is 10.1 Å². The minimum atomic E-state index is -1.03. The zero-order valence-electron chi connectivity index (χ0n) is 25.2. The molecule has 12 heteroatoms. The second kappa shape index (κ2) is 14.6. The van der Waals surface area contributed by atoms with Crippen LogP contribution in [0.15, 0.2) is 108 Å². The summed E-state index contributed by atoms with van der Waals surface area (Å²) in [6.45, 7) is 6.05. The molecule has 12 nitrogen and oxygen atoms in total. The van der Waals surface area contributed by atoms with Crippen molar-refractivity contribution in [2.75, 3.05) is 13.1 Å². The summed E-state index contributed by atoms with van der Waals surface area (Å²) in [5.74, 6) is -2.37. The molecule has 0 aromatic heterocycles. The Kier molecular flexibility index (Phi) is 11.2. The van der Waals surface area contributed by atoms with Crippen molar-refractivity contribution in [1.82, 2.24) is 10.2 Å². The van der Waals surface area contributed by atoms with Crippen LogP contribution in [0.5, 0.6) is 0 Å². The molecule has 45 heavy (non-hydrogen) atoms. The van der Waals surface area contributed by atoms with Crippen LogP contribution in [0.4, 0.5) is 5.69 Å². The highest BCUT2D eigenvalue weighted by Crippen LogP contribution is 2.40. The number of nitrogens with one attached hydrogen (secondary N) is 1. The molecular formula is C33H38N4O8. The van der Waals surface area contributed by atoms with Crippen molar-refractivity contribution < 1.29 is 34.9 Å². The Morgan fingerprint density at radius 1 is 0.911 bits per heavy atom. The minimum absolute atomic E-state index is 0. The van der Waals surface area contributed by atoms with Crippen LogP contribution in [0.1, 0.15) is 49.4 Å². The van der Waals surface area contributed by atoms with E-state index in [9.17, 15) is 19.7 Å². The van der Waals surface area contributed by atoms with Crippen molar-refractivity contribution in [2.24, 2.45) is 5.73 Å². The van der Waals surface area contributed by atoms with Crippen molar-refractivity contribution in [2.45, 2.75) is 44.9 Å². The Morgan fingerprint density at radius 3 is 2.02 bits per heavy atom. The highest BCUT2D eigenvalue weighted by Gasteiger charge is 2.42. The van der Waals surface area contributed by atoms with Gasteiger partial charge in [0.25, 0.3) is 5.69 Å². The maximum Gasteiger partial charge on any atom is 0.339 e. The number of non-ortho nitro benzene ring substituents is 1. The van der Waals surface area contributed by atoms with Crippen molar-refractivity contribution in [3.8, 4) is 0 Å². The van der Waals surface area contributed by atoms with Crippen molar-refractivity contribution in [1.29, 1.82) is 0 Å². The van der Waals surface area contributed by atoms with Gasteiger partial charge in [-0.3, -0.25) is 15.0 Å². The Bertz CT molecular complexity index is 1540. The molecule has 0 saturated carbocycles. The first-order valence-corrected chi connectivity index (χ1v) is 14.1. The molecule has 0 spiro atoms. The molecule has 1 fully saturated rings. The lowest BCUT2D eigenvalue weighted by Crippen LogP contribution is -2.54. The van der Waals surface area contributed by atoms with Gasteiger partial charge in [-0.1, -0.05) is 72.8 Å². The van der Waals surface area contributed by atoms with Crippen molar-refractivity contribution in [3.05, 3.63) is 134 Å². The standard InChI is InChI=1S/C33H34N4O6.2H2O/c1-20(2)42-32(38)27-21(3)35-31(34)29(28(27)24-15-10-16-25(17-24)37(40)41)33(39)43-26-18-36(19-26)30(22-11-6-4-7-12-22)23-13-8-5-9-14-23;;/h4-17,20,26,28,30,35H,18-19,34H2,1-3H3;2*1H2/t28-;;/m1../s1. The topological polar surface area (TPSA) is 200 Å². The smallest absolute Gasteiger partial charge is 0.339 e. The summed E-state index contributed by atoms with van der Waals surface area (Å²) in [6.07, 6.45) is -0.855. The molecule has 2 heterocycles. The number of nitro groups is 1. The van der Waals surface area contributed by atoms with Crippen molar-refractivity contribution >= 4 is 17.6 Å². The van der Waals surface area contributed by atoms with E-state index >= 15 is 0 Å². The molecule has 5 rings (SSSR count). The summed E-state index contributed by atoms with van der Waals surface area (Å²) >= 11 is 0. The summed E-state index contributed by atoms with van der Waals surface area (Å²) in [7, 11) is 0. The van der Waals surface area contributed by atoms with Gasteiger partial charge in [-0.15, -0.1) is 0 Å². The number of likely N-dealkylation sites (tertiary alicyclic amines) is 1. The minimum Gasteiger partial charge on any atom is -0.460 e. The Balaban J connectivity index is 0.00000276. The summed E-state index contributed by atoms with van der Waals surface area (Å²) in [5.41, 5.74) is 9.31. The lowest BCUT2D eigenvalue weighted by atomic mass is 9.81. The third-order valence-corrected chi connectivity index (χ3v) is 7.54. The van der Waals surface area contributed by atoms with Gasteiger partial charge in [0.2, 0.25) is 0 Å². The van der Waals surface area contributed by atoms with E-state index < -0.39 is 35.0 Å². The van der Waals surface area contributed by atoms with Gasteiger partial charge >= 0.3 is 11.9 Å². The molecule has 0 radical (unpaired) electrons. The molecule has 0 unspecified atom stereocenters. The van der Waals surface area contributed by atoms with Gasteiger partial charge in [-0.2, -0.15) is 0 Å². The maximum atomic E-state index is 13.8. The maximum absolute atomic E-state index is 13.8. The first-order valence-electron chi connectivity index (χ1n) is 14.1. The zero-order valence-corrected chi connectivity index (χ0v) is 25.2. The van der Waals surface area contributed by atoms with E-state index in [1.807, 2.05) is 36.4 Å². The molecule has 2 aliphatic heterocycles. The fourth-order valence-electron chi connectivity index (χ4n) is 5.64. The number of nitro benzene ring substituents is 1. The molecule has 3 aromatic rings. The molecule has 1 atom stereocenters. The van der Waals surface area contributed by atoms with E-state index in [1.54, 1.807) is 26.8 Å². The van der Waals surface area contributed by atoms with Gasteiger partial charge < -0.3 is 31.5 Å². The first kappa shape index (κ1) is 34.5. The normalized spacial score (nSPS) is 16.7. The lowest BCUT2D eigenvalue weighted by Gasteiger charge is -2.44. The van der Waals surface area contributed by atoms with Gasteiger partial charge in [0.05, 0.1) is 34.1 Å². The van der Waals surface area contributed by atoms with Gasteiger partial charge in [-0.25, -0.2) is 9.59 Å². The van der Waals surface area contributed by atoms with Gasteiger partial charge in [0, 0.05) is 30.9 Å². The second-order valence-electron chi connectivity index (χ2n) is 10.9. The van der Waals surface area contributed by atoms with Crippen LogP contribution < -0.4 is 11.1 Å². The Morgan fingerprint density at radius 2 is 1.49 bits per heavy atom. The fraction of sp³-hybridized carbons (Fsp3) is 0.273. The van der Waals surface area contributed by atoms with E-state index in [0.717, 1.165) is 11.1 Å². The van der Waals surface area contributed by atoms with Crippen LogP contribution in [-0.2, 0) is 19.1 Å². The Labute approximate surface area is 260 Å². The molecular weight excluding hydrogens is 580 g/mol. The summed E-state index contributed by atoms with van der Waals surface area (Å²) in [6, 6.07) is 26.0. The van der Waals surface area contributed by atoms with Crippen LogP contribution >= 0.6 is 0 Å². The van der Waals surface area contributed by atoms with Gasteiger partial charge in [-0.05, 0) is 37.5 Å². The van der Waals surface area contributed by atoms with Crippen molar-refractivity contribution in [3.63, 3.8) is 0 Å². The quantitative estimate of drug-likeness (QED) is 0.205. The molecule has 0 amide bonds. The number of nitrogens with zero attached hydrogens (tertiary/aromatic N) is 2. The number of rotatable bonds is 9. The number of hydrogen-bond acceptors (Lipinski definition) is 9. The van der Waals surface area contributed by atoms with Crippen LogP contribution in [-0.4, -0.2) is 58.0 Å². The molecule has 1 saturated heterocycles. The highest BCUT2D eigenvalue weighted by atomic mass is 16.6. The number of carbonyl (C=O) groups excluding carboxylic acids is 2. The molecule has 3 aromatic carbocycles. The van der Waals surface area contributed by atoms with E-state index in [2.05, 4.69) is 34.5 Å². The average molecular weight is 619 g/mol. The fourth-order valence-corrected chi connectivity index (χ4v) is 5.64. The lowest BCUT2D eigenvalue weighted by molar-refractivity contribution is -0.384. The Hall–Kier alpha value is -5.04. The number of carbonyl (C=O) groups is 2. The predicted octanol–water partition coefficient (Wildman–Crippen LogP) is 3.05. The average Bonchev–Trinajstić information content (AvgIpc) is 2.96. The summed E-state index contributed by atoms with van der Waals surface area (Å²) < 4.78 is 11.5. The number of nitrogens with two attached hydrogens (primary N) is 1. The van der Waals surface area contributed by atoms with Crippen LogP contribution in [0.25, 0.3) is 0 Å². The predicted molar refractivity (Wildman–Crippen MR) is 168 cm³/mol. The first-order chi connectivity index (χ1) is 20.6. The van der Waals surface area contributed by atoms with Crippen LogP contribution in [0.2, 0.25) is 0 Å². The number of ether oxygens (including phenoxy) is 2. The molecule has 238 valence electrons.